The van der Waals surface area contributed by atoms with Gasteiger partial charge in [-0.3, -0.25) is 0 Å². The van der Waals surface area contributed by atoms with Crippen molar-refractivity contribution >= 4 is 17.4 Å². The molecule has 1 aliphatic heterocycles. The van der Waals surface area contributed by atoms with E-state index in [0.29, 0.717) is 11.5 Å². The van der Waals surface area contributed by atoms with Crippen molar-refractivity contribution in [3.8, 4) is 11.5 Å². The second-order valence-electron chi connectivity index (χ2n) is 3.73. The van der Waals surface area contributed by atoms with Crippen molar-refractivity contribution in [3.05, 3.63) is 23.8 Å². The van der Waals surface area contributed by atoms with E-state index in [2.05, 4.69) is 22.3 Å². The number of rotatable bonds is 3. The highest BCUT2D eigenvalue weighted by Crippen LogP contribution is 2.32. The van der Waals surface area contributed by atoms with E-state index in [1.807, 2.05) is 0 Å². The molecule has 1 N–H and O–H groups in total. The molecule has 19 heavy (non-hydrogen) atoms. The standard InChI is InChI=1S/C11H10F3NO3S/c12-11(13,14)5-16-10(19)15-4-7-1-2-8-9(3-7)18-6-17-8/h1-3H,4-6H2,(H,15,19). The molecule has 0 atom stereocenters. The summed E-state index contributed by atoms with van der Waals surface area (Å²) in [5.74, 6) is 1.24. The molecule has 4 nitrogen and oxygen atoms in total. The number of ether oxygens (including phenoxy) is 3. The van der Waals surface area contributed by atoms with Crippen LogP contribution in [0.2, 0.25) is 0 Å². The molecule has 0 aliphatic carbocycles. The zero-order chi connectivity index (χ0) is 13.9. The van der Waals surface area contributed by atoms with Gasteiger partial charge in [0.2, 0.25) is 6.79 Å². The van der Waals surface area contributed by atoms with E-state index in [1.165, 1.54) is 0 Å². The summed E-state index contributed by atoms with van der Waals surface area (Å²) in [5.41, 5.74) is 0.794. The van der Waals surface area contributed by atoms with Gasteiger partial charge in [-0.15, -0.1) is 0 Å². The van der Waals surface area contributed by atoms with Crippen LogP contribution in [0, 0.1) is 0 Å². The molecule has 0 unspecified atom stereocenters. The van der Waals surface area contributed by atoms with Crippen LogP contribution in [0.4, 0.5) is 13.2 Å². The zero-order valence-corrected chi connectivity index (χ0v) is 10.4. The summed E-state index contributed by atoms with van der Waals surface area (Å²) >= 11 is 4.63. The monoisotopic (exact) mass is 293 g/mol. The van der Waals surface area contributed by atoms with Gasteiger partial charge in [-0.25, -0.2) is 0 Å². The Morgan fingerprint density at radius 2 is 2.05 bits per heavy atom. The number of halogens is 3. The lowest BCUT2D eigenvalue weighted by Gasteiger charge is -2.11. The second-order valence-corrected chi connectivity index (χ2v) is 4.10. The smallest absolute Gasteiger partial charge is 0.422 e. The highest BCUT2D eigenvalue weighted by atomic mass is 32.1. The molecular formula is C11H10F3NO3S. The van der Waals surface area contributed by atoms with Crippen LogP contribution in [0.5, 0.6) is 11.5 Å². The third-order valence-corrected chi connectivity index (χ3v) is 2.50. The Morgan fingerprint density at radius 3 is 2.79 bits per heavy atom. The fraction of sp³-hybridized carbons (Fsp3) is 0.364. The summed E-state index contributed by atoms with van der Waals surface area (Å²) in [7, 11) is 0. The van der Waals surface area contributed by atoms with E-state index in [9.17, 15) is 13.2 Å². The lowest BCUT2D eigenvalue weighted by Crippen LogP contribution is -2.28. The fourth-order valence-corrected chi connectivity index (χ4v) is 1.55. The molecule has 0 radical (unpaired) electrons. The quantitative estimate of drug-likeness (QED) is 0.866. The number of nitrogens with one attached hydrogen (secondary N) is 1. The van der Waals surface area contributed by atoms with Crippen molar-refractivity contribution in [1.82, 2.24) is 5.32 Å². The molecule has 8 heteroatoms. The molecule has 104 valence electrons. The van der Waals surface area contributed by atoms with Crippen molar-refractivity contribution < 1.29 is 27.4 Å². The first-order valence-electron chi connectivity index (χ1n) is 5.30. The topological polar surface area (TPSA) is 39.7 Å². The minimum Gasteiger partial charge on any atom is -0.461 e. The average molecular weight is 293 g/mol. The Hall–Kier alpha value is -1.70. The first-order chi connectivity index (χ1) is 8.94. The van der Waals surface area contributed by atoms with E-state index >= 15 is 0 Å². The van der Waals surface area contributed by atoms with Gasteiger partial charge >= 0.3 is 6.18 Å². The van der Waals surface area contributed by atoms with Gasteiger partial charge in [-0.05, 0) is 29.9 Å². The minimum atomic E-state index is -4.40. The number of fused-ring (bicyclic) bond motifs is 1. The Kier molecular flexibility index (Phi) is 3.98. The van der Waals surface area contributed by atoms with Crippen LogP contribution in [-0.2, 0) is 11.3 Å². The highest BCUT2D eigenvalue weighted by molar-refractivity contribution is 7.80. The van der Waals surface area contributed by atoms with Crippen molar-refractivity contribution in [2.75, 3.05) is 13.4 Å². The Bertz CT molecular complexity index is 479. The maximum atomic E-state index is 11.9. The highest BCUT2D eigenvalue weighted by Gasteiger charge is 2.28. The number of hydrogen-bond donors (Lipinski definition) is 1. The van der Waals surface area contributed by atoms with Crippen molar-refractivity contribution in [3.63, 3.8) is 0 Å². The summed E-state index contributed by atoms with van der Waals surface area (Å²) in [6.07, 6.45) is -4.40. The lowest BCUT2D eigenvalue weighted by molar-refractivity contribution is -0.156. The molecule has 1 aliphatic rings. The number of hydrogen-bond acceptors (Lipinski definition) is 4. The molecule has 0 spiro atoms. The Balaban J connectivity index is 1.81. The van der Waals surface area contributed by atoms with Crippen molar-refractivity contribution in [2.24, 2.45) is 0 Å². The molecular weight excluding hydrogens is 283 g/mol. The molecule has 1 heterocycles. The molecule has 0 bridgehead atoms. The molecule has 1 aromatic rings. The van der Waals surface area contributed by atoms with Crippen LogP contribution in [0.25, 0.3) is 0 Å². The predicted molar refractivity (Wildman–Crippen MR) is 64.0 cm³/mol. The maximum absolute atomic E-state index is 11.9. The van der Waals surface area contributed by atoms with Crippen molar-refractivity contribution in [2.45, 2.75) is 12.7 Å². The summed E-state index contributed by atoms with van der Waals surface area (Å²) in [6, 6.07) is 5.20. The minimum absolute atomic E-state index is 0.166. The van der Waals surface area contributed by atoms with E-state index in [0.717, 1.165) is 5.56 Å². The second kappa shape index (κ2) is 5.52. The van der Waals surface area contributed by atoms with Gasteiger partial charge in [0.15, 0.2) is 18.1 Å². The fourth-order valence-electron chi connectivity index (χ4n) is 1.42. The number of benzene rings is 1. The van der Waals surface area contributed by atoms with Gasteiger partial charge in [0.1, 0.15) is 0 Å². The van der Waals surface area contributed by atoms with Crippen LogP contribution in [0.1, 0.15) is 5.56 Å². The molecule has 0 fully saturated rings. The average Bonchev–Trinajstić information content (AvgIpc) is 2.80. The first kappa shape index (κ1) is 13.7. The van der Waals surface area contributed by atoms with Crippen LogP contribution < -0.4 is 14.8 Å². The molecule has 0 amide bonds. The molecule has 0 saturated heterocycles. The summed E-state index contributed by atoms with van der Waals surface area (Å²) < 4.78 is 50.3. The first-order valence-corrected chi connectivity index (χ1v) is 5.71. The predicted octanol–water partition coefficient (Wildman–Crippen LogP) is 2.37. The Labute approximate surface area is 112 Å². The molecule has 1 aromatic carbocycles. The number of alkyl halides is 3. The van der Waals surface area contributed by atoms with Crippen LogP contribution >= 0.6 is 12.2 Å². The summed E-state index contributed by atoms with van der Waals surface area (Å²) in [5, 5.41) is 2.28. The van der Waals surface area contributed by atoms with E-state index in [1.54, 1.807) is 18.2 Å². The van der Waals surface area contributed by atoms with E-state index < -0.39 is 12.8 Å². The van der Waals surface area contributed by atoms with Gasteiger partial charge < -0.3 is 19.5 Å². The zero-order valence-electron chi connectivity index (χ0n) is 9.62. The molecule has 0 aromatic heterocycles. The summed E-state index contributed by atoms with van der Waals surface area (Å²) in [4.78, 5) is 0. The van der Waals surface area contributed by atoms with Gasteiger partial charge in [0.25, 0.3) is 5.17 Å². The SMILES string of the molecule is FC(F)(F)COC(=S)NCc1ccc2c(c1)OCO2. The molecule has 0 saturated carbocycles. The lowest BCUT2D eigenvalue weighted by atomic mass is 10.2. The van der Waals surface area contributed by atoms with E-state index in [4.69, 9.17) is 9.47 Å². The van der Waals surface area contributed by atoms with Gasteiger partial charge in [0.05, 0.1) is 0 Å². The largest absolute Gasteiger partial charge is 0.461 e. The van der Waals surface area contributed by atoms with Gasteiger partial charge in [-0.1, -0.05) is 6.07 Å². The van der Waals surface area contributed by atoms with Crippen LogP contribution in [-0.4, -0.2) is 24.8 Å². The summed E-state index contributed by atoms with van der Waals surface area (Å²) in [6.45, 7) is -0.993. The maximum Gasteiger partial charge on any atom is 0.422 e. The van der Waals surface area contributed by atoms with E-state index in [-0.39, 0.29) is 18.5 Å². The third-order valence-electron chi connectivity index (χ3n) is 2.24. The number of thiocarbonyl (C=S) groups is 1. The van der Waals surface area contributed by atoms with Crippen LogP contribution in [0.15, 0.2) is 18.2 Å². The molecule has 2 rings (SSSR count). The van der Waals surface area contributed by atoms with Gasteiger partial charge in [0, 0.05) is 6.54 Å². The third kappa shape index (κ3) is 4.16. The van der Waals surface area contributed by atoms with Crippen LogP contribution in [0.3, 0.4) is 0 Å². The normalized spacial score (nSPS) is 13.2. The van der Waals surface area contributed by atoms with Crippen molar-refractivity contribution in [1.29, 1.82) is 0 Å². The van der Waals surface area contributed by atoms with Gasteiger partial charge in [-0.2, -0.15) is 13.2 Å². The Morgan fingerprint density at radius 1 is 1.32 bits per heavy atom.